The molecule has 0 aliphatic carbocycles. The first-order valence-electron chi connectivity index (χ1n) is 18.7. The van der Waals surface area contributed by atoms with Crippen LogP contribution in [0, 0.1) is 0 Å². The average molecular weight is 717 g/mol. The Kier molecular flexibility index (Phi) is 7.38. The van der Waals surface area contributed by atoms with Crippen molar-refractivity contribution in [3.05, 3.63) is 195 Å². The molecule has 0 fully saturated rings. The summed E-state index contributed by atoms with van der Waals surface area (Å²) in [5.74, 6) is 0.666. The summed E-state index contributed by atoms with van der Waals surface area (Å²) < 4.78 is 4.77. The molecule has 0 aliphatic rings. The molecule has 0 saturated carbocycles. The first-order valence-corrected chi connectivity index (χ1v) is 18.7. The molecule has 0 atom stereocenters. The van der Waals surface area contributed by atoms with Crippen LogP contribution in [-0.4, -0.2) is 29.1 Å². The van der Waals surface area contributed by atoms with Crippen LogP contribution in [0.3, 0.4) is 0 Å². The lowest BCUT2D eigenvalue weighted by atomic mass is 10.0. The molecule has 0 N–H and O–H groups in total. The lowest BCUT2D eigenvalue weighted by Crippen LogP contribution is -2.01. The molecular formula is C50H32N6. The second-order valence-electron chi connectivity index (χ2n) is 14.0. The standard InChI is InChI=1S/C50H32N6/c1-2-12-35(13-3-1)50-53-44(34-24-22-33(23-25-34)37-30-51-32-52-31-37)29-45(54-50)36-26-38(55-46-18-8-4-14-40(46)41-15-5-9-19-47(41)55)28-39(27-36)56-48-20-10-6-16-42(48)43-17-7-11-21-49(43)56/h1-32H. The van der Waals surface area contributed by atoms with Crippen LogP contribution in [0.2, 0.25) is 0 Å². The first kappa shape index (κ1) is 31.8. The van der Waals surface area contributed by atoms with E-state index in [1.165, 1.54) is 21.5 Å². The third kappa shape index (κ3) is 5.27. The lowest BCUT2D eigenvalue weighted by molar-refractivity contribution is 1.13. The van der Waals surface area contributed by atoms with Crippen LogP contribution in [-0.2, 0) is 0 Å². The Morgan fingerprint density at radius 3 is 1.25 bits per heavy atom. The average Bonchev–Trinajstić information content (AvgIpc) is 3.80. The van der Waals surface area contributed by atoms with Crippen LogP contribution < -0.4 is 0 Å². The van der Waals surface area contributed by atoms with E-state index in [0.717, 1.165) is 72.6 Å². The summed E-state index contributed by atoms with van der Waals surface area (Å²) in [5, 5.41) is 4.86. The number of rotatable bonds is 6. The topological polar surface area (TPSA) is 61.4 Å². The highest BCUT2D eigenvalue weighted by atomic mass is 15.0. The molecule has 6 nitrogen and oxygen atoms in total. The third-order valence-electron chi connectivity index (χ3n) is 10.7. The molecule has 0 spiro atoms. The molecule has 4 heterocycles. The maximum absolute atomic E-state index is 5.31. The third-order valence-corrected chi connectivity index (χ3v) is 10.7. The second kappa shape index (κ2) is 13.0. The van der Waals surface area contributed by atoms with Gasteiger partial charge in [0.25, 0.3) is 0 Å². The minimum absolute atomic E-state index is 0.666. The molecule has 262 valence electrons. The maximum atomic E-state index is 5.31. The summed E-state index contributed by atoms with van der Waals surface area (Å²) >= 11 is 0. The molecule has 0 amide bonds. The molecule has 0 unspecified atom stereocenters. The molecular weight excluding hydrogens is 685 g/mol. The van der Waals surface area contributed by atoms with Gasteiger partial charge in [-0.3, -0.25) is 0 Å². The van der Waals surface area contributed by atoms with Gasteiger partial charge in [0, 0.05) is 67.6 Å². The highest BCUT2D eigenvalue weighted by Gasteiger charge is 2.19. The minimum atomic E-state index is 0.666. The van der Waals surface area contributed by atoms with E-state index in [0.29, 0.717) is 5.82 Å². The van der Waals surface area contributed by atoms with E-state index in [2.05, 4.69) is 177 Å². The fourth-order valence-corrected chi connectivity index (χ4v) is 8.14. The van der Waals surface area contributed by atoms with E-state index in [9.17, 15) is 0 Å². The van der Waals surface area contributed by atoms with Crippen LogP contribution in [0.15, 0.2) is 195 Å². The maximum Gasteiger partial charge on any atom is 0.160 e. The molecule has 56 heavy (non-hydrogen) atoms. The van der Waals surface area contributed by atoms with Crippen molar-refractivity contribution in [3.63, 3.8) is 0 Å². The SMILES string of the molecule is c1ccc(-c2nc(-c3ccc(-c4cncnc4)cc3)cc(-c3cc(-n4c5ccccc5c5ccccc54)cc(-n4c5ccccc5c5ccccc54)c3)n2)cc1. The number of hydrogen-bond acceptors (Lipinski definition) is 4. The molecule has 0 bridgehead atoms. The number of aromatic nitrogens is 6. The predicted octanol–water partition coefficient (Wildman–Crippen LogP) is 12.1. The van der Waals surface area contributed by atoms with Crippen LogP contribution in [0.25, 0.3) is 100 Å². The van der Waals surface area contributed by atoms with E-state index in [4.69, 9.17) is 9.97 Å². The van der Waals surface area contributed by atoms with Gasteiger partial charge in [-0.25, -0.2) is 19.9 Å². The summed E-state index contributed by atoms with van der Waals surface area (Å²) in [7, 11) is 0. The Morgan fingerprint density at radius 2 is 0.750 bits per heavy atom. The van der Waals surface area contributed by atoms with Crippen LogP contribution in [0.4, 0.5) is 0 Å². The summed E-state index contributed by atoms with van der Waals surface area (Å²) in [5.41, 5.74) is 13.3. The van der Waals surface area contributed by atoms with Gasteiger partial charge >= 0.3 is 0 Å². The van der Waals surface area contributed by atoms with Gasteiger partial charge in [0.15, 0.2) is 5.82 Å². The Labute approximate surface area is 322 Å². The highest BCUT2D eigenvalue weighted by molar-refractivity contribution is 6.10. The van der Waals surface area contributed by atoms with Crippen LogP contribution in [0.1, 0.15) is 0 Å². The van der Waals surface area contributed by atoms with Gasteiger partial charge in [0.2, 0.25) is 0 Å². The molecule has 7 aromatic carbocycles. The molecule has 11 aromatic rings. The Bertz CT molecular complexity index is 3000. The van der Waals surface area contributed by atoms with Gasteiger partial charge in [-0.1, -0.05) is 127 Å². The van der Waals surface area contributed by atoms with Gasteiger partial charge in [0.05, 0.1) is 33.5 Å². The highest BCUT2D eigenvalue weighted by Crippen LogP contribution is 2.38. The number of benzene rings is 7. The summed E-state index contributed by atoms with van der Waals surface area (Å²) in [4.78, 5) is 18.9. The Hall–Kier alpha value is -7.70. The van der Waals surface area contributed by atoms with Gasteiger partial charge in [-0.05, 0) is 54.1 Å². The Morgan fingerprint density at radius 1 is 0.321 bits per heavy atom. The summed E-state index contributed by atoms with van der Waals surface area (Å²) in [6.45, 7) is 0. The summed E-state index contributed by atoms with van der Waals surface area (Å²) in [6, 6.07) is 62.3. The van der Waals surface area contributed by atoms with Gasteiger partial charge in [-0.2, -0.15) is 0 Å². The normalized spacial score (nSPS) is 11.6. The largest absolute Gasteiger partial charge is 0.309 e. The molecule has 0 saturated heterocycles. The van der Waals surface area contributed by atoms with Crippen molar-refractivity contribution in [2.75, 3.05) is 0 Å². The van der Waals surface area contributed by atoms with Crippen molar-refractivity contribution in [3.8, 4) is 56.4 Å². The molecule has 11 rings (SSSR count). The van der Waals surface area contributed by atoms with E-state index in [1.807, 2.05) is 30.6 Å². The summed E-state index contributed by atoms with van der Waals surface area (Å²) in [6.07, 6.45) is 5.21. The van der Waals surface area contributed by atoms with Gasteiger partial charge < -0.3 is 9.13 Å². The van der Waals surface area contributed by atoms with Crippen molar-refractivity contribution in [1.82, 2.24) is 29.1 Å². The van der Waals surface area contributed by atoms with E-state index in [1.54, 1.807) is 6.33 Å². The van der Waals surface area contributed by atoms with E-state index in [-0.39, 0.29) is 0 Å². The predicted molar refractivity (Wildman–Crippen MR) is 228 cm³/mol. The lowest BCUT2D eigenvalue weighted by Gasteiger charge is -2.16. The van der Waals surface area contributed by atoms with E-state index >= 15 is 0 Å². The first-order chi connectivity index (χ1) is 27.8. The smallest absolute Gasteiger partial charge is 0.160 e. The second-order valence-corrected chi connectivity index (χ2v) is 14.0. The fraction of sp³-hybridized carbons (Fsp3) is 0. The zero-order chi connectivity index (χ0) is 37.0. The molecule has 0 radical (unpaired) electrons. The number of fused-ring (bicyclic) bond motifs is 6. The minimum Gasteiger partial charge on any atom is -0.309 e. The molecule has 6 heteroatoms. The monoisotopic (exact) mass is 716 g/mol. The Balaban J connectivity index is 1.19. The number of hydrogen-bond donors (Lipinski definition) is 0. The van der Waals surface area contributed by atoms with Crippen molar-refractivity contribution >= 4 is 43.6 Å². The van der Waals surface area contributed by atoms with Crippen molar-refractivity contribution in [1.29, 1.82) is 0 Å². The van der Waals surface area contributed by atoms with Crippen LogP contribution in [0.5, 0.6) is 0 Å². The zero-order valence-corrected chi connectivity index (χ0v) is 30.2. The van der Waals surface area contributed by atoms with Crippen molar-refractivity contribution in [2.24, 2.45) is 0 Å². The number of para-hydroxylation sites is 4. The van der Waals surface area contributed by atoms with E-state index < -0.39 is 0 Å². The number of nitrogens with zero attached hydrogens (tertiary/aromatic N) is 6. The molecule has 0 aliphatic heterocycles. The van der Waals surface area contributed by atoms with Crippen molar-refractivity contribution in [2.45, 2.75) is 0 Å². The fourth-order valence-electron chi connectivity index (χ4n) is 8.14. The zero-order valence-electron chi connectivity index (χ0n) is 30.2. The molecule has 4 aromatic heterocycles. The van der Waals surface area contributed by atoms with Crippen LogP contribution >= 0.6 is 0 Å². The quantitative estimate of drug-likeness (QED) is 0.172. The van der Waals surface area contributed by atoms with Gasteiger partial charge in [-0.15, -0.1) is 0 Å². The van der Waals surface area contributed by atoms with Crippen molar-refractivity contribution < 1.29 is 0 Å². The van der Waals surface area contributed by atoms with Gasteiger partial charge in [0.1, 0.15) is 6.33 Å².